The number of aliphatic hydroxyl groups excluding tert-OH is 1. The highest BCUT2D eigenvalue weighted by Crippen LogP contribution is 2.21. The molecule has 1 aliphatic carbocycles. The Kier molecular flexibility index (Phi) is 6.32. The molecular formula is C13H27NO2. The van der Waals surface area contributed by atoms with Gasteiger partial charge in [0.05, 0.1) is 6.61 Å². The van der Waals surface area contributed by atoms with Crippen LogP contribution in [0.25, 0.3) is 0 Å². The van der Waals surface area contributed by atoms with E-state index in [1.54, 1.807) is 7.11 Å². The van der Waals surface area contributed by atoms with Crippen molar-refractivity contribution in [2.45, 2.75) is 63.5 Å². The van der Waals surface area contributed by atoms with E-state index in [4.69, 9.17) is 9.84 Å². The maximum Gasteiger partial charge on any atom is 0.0642 e. The molecule has 1 fully saturated rings. The van der Waals surface area contributed by atoms with Crippen LogP contribution in [-0.4, -0.2) is 37.0 Å². The Labute approximate surface area is 99.6 Å². The molecule has 3 nitrogen and oxygen atoms in total. The van der Waals surface area contributed by atoms with Gasteiger partial charge in [0.15, 0.2) is 0 Å². The highest BCUT2D eigenvalue weighted by Gasteiger charge is 2.27. The van der Waals surface area contributed by atoms with Crippen LogP contribution < -0.4 is 5.32 Å². The Hall–Kier alpha value is -0.120. The summed E-state index contributed by atoms with van der Waals surface area (Å²) in [6, 6.07) is 0.606. The van der Waals surface area contributed by atoms with E-state index in [9.17, 15) is 0 Å². The molecule has 1 aliphatic rings. The number of aliphatic hydroxyl groups is 1. The molecule has 0 saturated heterocycles. The first-order valence-electron chi connectivity index (χ1n) is 6.58. The highest BCUT2D eigenvalue weighted by molar-refractivity contribution is 4.87. The van der Waals surface area contributed by atoms with Crippen molar-refractivity contribution in [2.24, 2.45) is 0 Å². The molecule has 0 radical (unpaired) electrons. The normalized spacial score (nSPS) is 22.7. The molecular weight excluding hydrogens is 202 g/mol. The fraction of sp³-hybridized carbons (Fsp3) is 1.00. The van der Waals surface area contributed by atoms with E-state index in [1.165, 1.54) is 38.5 Å². The lowest BCUT2D eigenvalue weighted by Crippen LogP contribution is -2.51. The van der Waals surface area contributed by atoms with Crippen LogP contribution in [0, 0.1) is 0 Å². The lowest BCUT2D eigenvalue weighted by atomic mass is 9.96. The van der Waals surface area contributed by atoms with Crippen LogP contribution in [0.2, 0.25) is 0 Å². The second-order valence-electron chi connectivity index (χ2n) is 5.30. The fourth-order valence-corrected chi connectivity index (χ4v) is 2.67. The van der Waals surface area contributed by atoms with E-state index >= 15 is 0 Å². The summed E-state index contributed by atoms with van der Waals surface area (Å²) in [5, 5.41) is 12.8. The maximum absolute atomic E-state index is 9.12. The van der Waals surface area contributed by atoms with Crippen molar-refractivity contribution >= 4 is 0 Å². The van der Waals surface area contributed by atoms with Crippen LogP contribution in [-0.2, 0) is 4.74 Å². The molecule has 96 valence electrons. The highest BCUT2D eigenvalue weighted by atomic mass is 16.5. The number of ether oxygens (including phenoxy) is 1. The minimum Gasteiger partial charge on any atom is -0.396 e. The van der Waals surface area contributed by atoms with Crippen LogP contribution in [0.5, 0.6) is 0 Å². The number of methoxy groups -OCH3 is 1. The topological polar surface area (TPSA) is 41.5 Å². The van der Waals surface area contributed by atoms with Gasteiger partial charge in [0.2, 0.25) is 0 Å². The average Bonchev–Trinajstić information content (AvgIpc) is 2.46. The molecule has 0 spiro atoms. The summed E-state index contributed by atoms with van der Waals surface area (Å²) < 4.78 is 5.26. The Morgan fingerprint density at radius 2 is 1.88 bits per heavy atom. The third-order valence-corrected chi connectivity index (χ3v) is 3.53. The van der Waals surface area contributed by atoms with Crippen molar-refractivity contribution in [1.82, 2.24) is 5.32 Å². The molecule has 1 unspecified atom stereocenters. The zero-order valence-corrected chi connectivity index (χ0v) is 10.8. The predicted molar refractivity (Wildman–Crippen MR) is 66.6 cm³/mol. The summed E-state index contributed by atoms with van der Waals surface area (Å²) in [6.07, 6.45) is 8.71. The van der Waals surface area contributed by atoms with E-state index in [0.717, 1.165) is 6.42 Å². The Morgan fingerprint density at radius 1 is 1.25 bits per heavy atom. The van der Waals surface area contributed by atoms with Crippen molar-refractivity contribution in [3.8, 4) is 0 Å². The van der Waals surface area contributed by atoms with Gasteiger partial charge in [-0.2, -0.15) is 0 Å². The summed E-state index contributed by atoms with van der Waals surface area (Å²) in [5.74, 6) is 0. The summed E-state index contributed by atoms with van der Waals surface area (Å²) in [6.45, 7) is 3.04. The second-order valence-corrected chi connectivity index (χ2v) is 5.30. The predicted octanol–water partition coefficient (Wildman–Crippen LogP) is 2.09. The van der Waals surface area contributed by atoms with Gasteiger partial charge in [-0.25, -0.2) is 0 Å². The summed E-state index contributed by atoms with van der Waals surface area (Å²) in [7, 11) is 1.73. The molecule has 0 bridgehead atoms. The maximum atomic E-state index is 9.12. The molecule has 0 aromatic rings. The van der Waals surface area contributed by atoms with Crippen LogP contribution in [0.4, 0.5) is 0 Å². The van der Waals surface area contributed by atoms with Crippen LogP contribution >= 0.6 is 0 Å². The van der Waals surface area contributed by atoms with Crippen molar-refractivity contribution in [1.29, 1.82) is 0 Å². The Bertz CT molecular complexity index is 171. The van der Waals surface area contributed by atoms with E-state index < -0.39 is 0 Å². The summed E-state index contributed by atoms with van der Waals surface area (Å²) >= 11 is 0. The van der Waals surface area contributed by atoms with Gasteiger partial charge >= 0.3 is 0 Å². The molecule has 0 aromatic heterocycles. The third kappa shape index (κ3) is 4.81. The second kappa shape index (κ2) is 7.25. The van der Waals surface area contributed by atoms with Crippen molar-refractivity contribution < 1.29 is 9.84 Å². The molecule has 0 heterocycles. The molecule has 2 N–H and O–H groups in total. The summed E-state index contributed by atoms with van der Waals surface area (Å²) in [4.78, 5) is 0. The van der Waals surface area contributed by atoms with Gasteiger partial charge in [0.1, 0.15) is 0 Å². The first kappa shape index (κ1) is 13.9. The molecule has 0 aromatic carbocycles. The molecule has 3 heteroatoms. The average molecular weight is 229 g/mol. The van der Waals surface area contributed by atoms with Gasteiger partial charge in [-0.1, -0.05) is 25.7 Å². The minimum atomic E-state index is -0.0709. The SMILES string of the molecule is COCC(C)(CCO)NC1CCCCCC1. The number of nitrogens with one attached hydrogen (secondary N) is 1. The van der Waals surface area contributed by atoms with Gasteiger partial charge in [-0.15, -0.1) is 0 Å². The standard InChI is InChI=1S/C13H27NO2/c1-13(9-10-15,11-16-2)14-12-7-5-3-4-6-8-12/h12,14-15H,3-11H2,1-2H3. The van der Waals surface area contributed by atoms with Crippen LogP contribution in [0.3, 0.4) is 0 Å². The lowest BCUT2D eigenvalue weighted by Gasteiger charge is -2.34. The Morgan fingerprint density at radius 3 is 2.38 bits per heavy atom. The lowest BCUT2D eigenvalue weighted by molar-refractivity contribution is 0.0880. The van der Waals surface area contributed by atoms with Gasteiger partial charge in [-0.05, 0) is 26.2 Å². The van der Waals surface area contributed by atoms with Crippen molar-refractivity contribution in [2.75, 3.05) is 20.3 Å². The molecule has 1 atom stereocenters. The van der Waals surface area contributed by atoms with E-state index in [-0.39, 0.29) is 12.1 Å². The molecule has 1 saturated carbocycles. The molecule has 16 heavy (non-hydrogen) atoms. The zero-order chi connectivity index (χ0) is 11.9. The van der Waals surface area contributed by atoms with Crippen molar-refractivity contribution in [3.63, 3.8) is 0 Å². The van der Waals surface area contributed by atoms with Gasteiger partial charge < -0.3 is 15.2 Å². The first-order valence-corrected chi connectivity index (χ1v) is 6.58. The van der Waals surface area contributed by atoms with E-state index in [2.05, 4.69) is 12.2 Å². The summed E-state index contributed by atoms with van der Waals surface area (Å²) in [5.41, 5.74) is -0.0709. The van der Waals surface area contributed by atoms with Gasteiger partial charge in [-0.3, -0.25) is 0 Å². The van der Waals surface area contributed by atoms with Crippen LogP contribution in [0.15, 0.2) is 0 Å². The minimum absolute atomic E-state index is 0.0709. The van der Waals surface area contributed by atoms with Crippen molar-refractivity contribution in [3.05, 3.63) is 0 Å². The number of rotatable bonds is 6. The van der Waals surface area contributed by atoms with E-state index in [1.807, 2.05) is 0 Å². The van der Waals surface area contributed by atoms with Gasteiger partial charge in [0, 0.05) is 25.3 Å². The number of hydrogen-bond donors (Lipinski definition) is 2. The molecule has 0 amide bonds. The molecule has 0 aliphatic heterocycles. The fourth-order valence-electron chi connectivity index (χ4n) is 2.67. The molecule has 1 rings (SSSR count). The Balaban J connectivity index is 2.45. The van der Waals surface area contributed by atoms with E-state index in [0.29, 0.717) is 12.6 Å². The quantitative estimate of drug-likeness (QED) is 0.685. The van der Waals surface area contributed by atoms with Gasteiger partial charge in [0.25, 0.3) is 0 Å². The number of hydrogen-bond acceptors (Lipinski definition) is 3. The smallest absolute Gasteiger partial charge is 0.0642 e. The largest absolute Gasteiger partial charge is 0.396 e. The monoisotopic (exact) mass is 229 g/mol. The zero-order valence-electron chi connectivity index (χ0n) is 10.8. The van der Waals surface area contributed by atoms with Crippen LogP contribution in [0.1, 0.15) is 51.9 Å². The third-order valence-electron chi connectivity index (χ3n) is 3.53. The first-order chi connectivity index (χ1) is 7.70.